The van der Waals surface area contributed by atoms with Crippen molar-refractivity contribution in [2.24, 2.45) is 11.5 Å². The van der Waals surface area contributed by atoms with Crippen molar-refractivity contribution in [1.29, 1.82) is 0 Å². The smallest absolute Gasteiger partial charge is 0.305 e. The van der Waals surface area contributed by atoms with Crippen LogP contribution in [0, 0.1) is 0 Å². The standard InChI is InChI=1S/C8H16N2O2/c9-6-3-1-2-4-8(6,10)5-7(11)12/h6H,1-5,9-10H2,(H,11,12)/t6-,8+/m0/s1. The predicted octanol–water partition coefficient (Wildman–Crippen LogP) is 0.0599. The first-order valence-electron chi connectivity index (χ1n) is 4.31. The van der Waals surface area contributed by atoms with E-state index < -0.39 is 11.5 Å². The molecule has 0 aromatic carbocycles. The molecule has 0 bridgehead atoms. The average Bonchev–Trinajstić information content (AvgIpc) is 1.94. The van der Waals surface area contributed by atoms with E-state index in [0.29, 0.717) is 0 Å². The van der Waals surface area contributed by atoms with Crippen LogP contribution in [0.25, 0.3) is 0 Å². The van der Waals surface area contributed by atoms with E-state index in [4.69, 9.17) is 16.6 Å². The molecule has 0 aromatic heterocycles. The maximum Gasteiger partial charge on any atom is 0.305 e. The quantitative estimate of drug-likeness (QED) is 0.549. The summed E-state index contributed by atoms with van der Waals surface area (Å²) >= 11 is 0. The molecule has 1 fully saturated rings. The third kappa shape index (κ3) is 1.95. The molecular weight excluding hydrogens is 156 g/mol. The van der Waals surface area contributed by atoms with Crippen LogP contribution in [0.1, 0.15) is 32.1 Å². The van der Waals surface area contributed by atoms with E-state index in [1.807, 2.05) is 0 Å². The van der Waals surface area contributed by atoms with Gasteiger partial charge in [0.1, 0.15) is 0 Å². The first-order valence-corrected chi connectivity index (χ1v) is 4.31. The van der Waals surface area contributed by atoms with Crippen molar-refractivity contribution in [3.63, 3.8) is 0 Å². The molecule has 0 aromatic rings. The Morgan fingerprint density at radius 1 is 1.58 bits per heavy atom. The zero-order valence-corrected chi connectivity index (χ0v) is 7.12. The molecule has 70 valence electrons. The van der Waals surface area contributed by atoms with Gasteiger partial charge in [0, 0.05) is 11.6 Å². The summed E-state index contributed by atoms with van der Waals surface area (Å²) in [6.45, 7) is 0. The van der Waals surface area contributed by atoms with Crippen LogP contribution in [0.4, 0.5) is 0 Å². The maximum atomic E-state index is 10.5. The summed E-state index contributed by atoms with van der Waals surface area (Å²) in [7, 11) is 0. The summed E-state index contributed by atoms with van der Waals surface area (Å²) < 4.78 is 0. The Kier molecular flexibility index (Phi) is 2.69. The number of rotatable bonds is 2. The molecule has 2 atom stereocenters. The molecule has 1 aliphatic rings. The Hall–Kier alpha value is -0.610. The Balaban J connectivity index is 2.59. The van der Waals surface area contributed by atoms with Gasteiger partial charge < -0.3 is 16.6 Å². The summed E-state index contributed by atoms with van der Waals surface area (Å²) in [5.74, 6) is -0.852. The SMILES string of the molecule is N[C@H]1CCCC[C@@]1(N)CC(=O)O. The van der Waals surface area contributed by atoms with Crippen molar-refractivity contribution < 1.29 is 9.90 Å². The minimum atomic E-state index is -0.852. The first-order chi connectivity index (χ1) is 5.54. The Bertz CT molecular complexity index is 184. The first kappa shape index (κ1) is 9.48. The molecule has 0 amide bonds. The highest BCUT2D eigenvalue weighted by Gasteiger charge is 2.36. The van der Waals surface area contributed by atoms with Gasteiger partial charge >= 0.3 is 5.97 Å². The van der Waals surface area contributed by atoms with Gasteiger partial charge in [-0.15, -0.1) is 0 Å². The fourth-order valence-corrected chi connectivity index (χ4v) is 1.79. The largest absolute Gasteiger partial charge is 0.481 e. The lowest BCUT2D eigenvalue weighted by atomic mass is 9.76. The minimum absolute atomic E-state index is 0.00579. The Morgan fingerprint density at radius 2 is 2.25 bits per heavy atom. The number of hydrogen-bond donors (Lipinski definition) is 3. The molecule has 0 unspecified atom stereocenters. The molecule has 4 nitrogen and oxygen atoms in total. The lowest BCUT2D eigenvalue weighted by Gasteiger charge is -2.37. The molecule has 0 heterocycles. The molecule has 1 saturated carbocycles. The summed E-state index contributed by atoms with van der Waals surface area (Å²) in [4.78, 5) is 10.5. The van der Waals surface area contributed by atoms with Gasteiger partial charge in [-0.3, -0.25) is 4.79 Å². The monoisotopic (exact) mass is 172 g/mol. The van der Waals surface area contributed by atoms with E-state index in [0.717, 1.165) is 25.7 Å². The number of carboxylic acid groups (broad SMARTS) is 1. The maximum absolute atomic E-state index is 10.5. The lowest BCUT2D eigenvalue weighted by molar-refractivity contribution is -0.138. The van der Waals surface area contributed by atoms with Gasteiger partial charge in [-0.2, -0.15) is 0 Å². The number of carboxylic acids is 1. The molecule has 5 N–H and O–H groups in total. The van der Waals surface area contributed by atoms with Crippen LogP contribution in [-0.2, 0) is 4.79 Å². The summed E-state index contributed by atoms with van der Waals surface area (Å²) in [5, 5.41) is 8.61. The summed E-state index contributed by atoms with van der Waals surface area (Å²) in [5.41, 5.74) is 11.0. The molecule has 0 radical (unpaired) electrons. The molecule has 1 aliphatic carbocycles. The molecule has 1 rings (SSSR count). The van der Waals surface area contributed by atoms with Crippen LogP contribution in [0.2, 0.25) is 0 Å². The summed E-state index contributed by atoms with van der Waals surface area (Å²) in [6.07, 6.45) is 3.65. The second-order valence-electron chi connectivity index (χ2n) is 3.66. The van der Waals surface area contributed by atoms with E-state index in [1.165, 1.54) is 0 Å². The number of aliphatic carboxylic acids is 1. The van der Waals surface area contributed by atoms with E-state index in [2.05, 4.69) is 0 Å². The highest BCUT2D eigenvalue weighted by atomic mass is 16.4. The average molecular weight is 172 g/mol. The van der Waals surface area contributed by atoms with Crippen molar-refractivity contribution in [1.82, 2.24) is 0 Å². The van der Waals surface area contributed by atoms with Crippen molar-refractivity contribution in [2.45, 2.75) is 43.7 Å². The fraction of sp³-hybridized carbons (Fsp3) is 0.875. The van der Waals surface area contributed by atoms with Crippen molar-refractivity contribution in [3.05, 3.63) is 0 Å². The van der Waals surface area contributed by atoms with Gasteiger partial charge in [0.2, 0.25) is 0 Å². The topological polar surface area (TPSA) is 89.3 Å². The second-order valence-corrected chi connectivity index (χ2v) is 3.66. The fourth-order valence-electron chi connectivity index (χ4n) is 1.79. The molecular formula is C8H16N2O2. The van der Waals surface area contributed by atoms with Crippen LogP contribution < -0.4 is 11.5 Å². The van der Waals surface area contributed by atoms with Crippen molar-refractivity contribution in [2.75, 3.05) is 0 Å². The Labute approximate surface area is 71.9 Å². The van der Waals surface area contributed by atoms with Crippen molar-refractivity contribution >= 4 is 5.97 Å². The third-order valence-electron chi connectivity index (χ3n) is 2.63. The van der Waals surface area contributed by atoms with Crippen LogP contribution in [0.5, 0.6) is 0 Å². The van der Waals surface area contributed by atoms with Crippen LogP contribution >= 0.6 is 0 Å². The van der Waals surface area contributed by atoms with Gasteiger partial charge in [0.25, 0.3) is 0 Å². The predicted molar refractivity (Wildman–Crippen MR) is 45.6 cm³/mol. The highest BCUT2D eigenvalue weighted by molar-refractivity contribution is 5.68. The minimum Gasteiger partial charge on any atom is -0.481 e. The van der Waals surface area contributed by atoms with E-state index in [1.54, 1.807) is 0 Å². The van der Waals surface area contributed by atoms with E-state index in [9.17, 15) is 4.79 Å². The van der Waals surface area contributed by atoms with Gasteiger partial charge in [0.15, 0.2) is 0 Å². The summed E-state index contributed by atoms with van der Waals surface area (Å²) in [6, 6.07) is -0.151. The van der Waals surface area contributed by atoms with E-state index in [-0.39, 0.29) is 12.5 Å². The second kappa shape index (κ2) is 3.41. The van der Waals surface area contributed by atoms with Gasteiger partial charge in [0.05, 0.1) is 6.42 Å². The van der Waals surface area contributed by atoms with E-state index >= 15 is 0 Å². The van der Waals surface area contributed by atoms with Crippen molar-refractivity contribution in [3.8, 4) is 0 Å². The van der Waals surface area contributed by atoms with Gasteiger partial charge in [-0.1, -0.05) is 12.8 Å². The normalized spacial score (nSPS) is 36.3. The van der Waals surface area contributed by atoms with Crippen LogP contribution in [0.3, 0.4) is 0 Å². The molecule has 12 heavy (non-hydrogen) atoms. The van der Waals surface area contributed by atoms with Crippen LogP contribution in [0.15, 0.2) is 0 Å². The highest BCUT2D eigenvalue weighted by Crippen LogP contribution is 2.27. The molecule has 0 spiro atoms. The number of carbonyl (C=O) groups is 1. The number of nitrogens with two attached hydrogens (primary N) is 2. The zero-order chi connectivity index (χ0) is 9.19. The Morgan fingerprint density at radius 3 is 2.75 bits per heavy atom. The third-order valence-corrected chi connectivity index (χ3v) is 2.63. The molecule has 0 saturated heterocycles. The number of hydrogen-bond acceptors (Lipinski definition) is 3. The lowest BCUT2D eigenvalue weighted by Crippen LogP contribution is -2.58. The van der Waals surface area contributed by atoms with Crippen LogP contribution in [-0.4, -0.2) is 22.7 Å². The molecule has 4 heteroatoms. The molecule has 0 aliphatic heterocycles. The zero-order valence-electron chi connectivity index (χ0n) is 7.12. The van der Waals surface area contributed by atoms with Gasteiger partial charge in [-0.25, -0.2) is 0 Å². The van der Waals surface area contributed by atoms with Gasteiger partial charge in [-0.05, 0) is 12.8 Å².